The van der Waals surface area contributed by atoms with Crippen molar-refractivity contribution in [3.8, 4) is 0 Å². The van der Waals surface area contributed by atoms with Crippen molar-refractivity contribution in [2.75, 3.05) is 18.4 Å². The molecule has 1 aliphatic rings. The Labute approximate surface area is 103 Å². The number of benzene rings is 1. The number of aryl methyl sites for hydroxylation is 1. The standard InChI is InChI=1S/C14H21N3/c1-11-5-3-4-6-14(11)17-12(2)16-13-7-9-15-10-8-13/h3-6,13,15H,7-10H2,1-2H3,(H,16,17). The van der Waals surface area contributed by atoms with Gasteiger partial charge in [-0.05, 0) is 51.4 Å². The minimum atomic E-state index is 0.479. The van der Waals surface area contributed by atoms with Crippen LogP contribution in [0.3, 0.4) is 0 Å². The first-order valence-electron chi connectivity index (χ1n) is 6.33. The zero-order valence-electron chi connectivity index (χ0n) is 10.7. The van der Waals surface area contributed by atoms with Crippen molar-refractivity contribution in [1.82, 2.24) is 5.32 Å². The molecular weight excluding hydrogens is 210 g/mol. The van der Waals surface area contributed by atoms with Crippen LogP contribution in [-0.2, 0) is 0 Å². The molecule has 2 rings (SSSR count). The van der Waals surface area contributed by atoms with E-state index in [-0.39, 0.29) is 0 Å². The van der Waals surface area contributed by atoms with Crippen LogP contribution in [0.25, 0.3) is 0 Å². The van der Waals surface area contributed by atoms with Gasteiger partial charge < -0.3 is 10.6 Å². The largest absolute Gasteiger partial charge is 0.344 e. The normalized spacial score (nSPS) is 18.1. The minimum Gasteiger partial charge on any atom is -0.344 e. The molecule has 0 amide bonds. The molecule has 3 nitrogen and oxygen atoms in total. The zero-order chi connectivity index (χ0) is 12.1. The van der Waals surface area contributed by atoms with Crippen molar-refractivity contribution in [3.63, 3.8) is 0 Å². The van der Waals surface area contributed by atoms with E-state index in [1.54, 1.807) is 0 Å². The van der Waals surface area contributed by atoms with Crippen molar-refractivity contribution in [3.05, 3.63) is 29.8 Å². The highest BCUT2D eigenvalue weighted by atomic mass is 15.0. The van der Waals surface area contributed by atoms with Crippen molar-refractivity contribution in [1.29, 1.82) is 0 Å². The first kappa shape index (κ1) is 12.1. The van der Waals surface area contributed by atoms with E-state index in [4.69, 9.17) is 4.99 Å². The third kappa shape index (κ3) is 3.56. The predicted molar refractivity (Wildman–Crippen MR) is 73.8 cm³/mol. The molecule has 0 bridgehead atoms. The summed E-state index contributed by atoms with van der Waals surface area (Å²) in [6.45, 7) is 6.34. The van der Waals surface area contributed by atoms with Gasteiger partial charge in [-0.1, -0.05) is 18.2 Å². The van der Waals surface area contributed by atoms with Crippen LogP contribution in [0.1, 0.15) is 25.3 Å². The van der Waals surface area contributed by atoms with Gasteiger partial charge >= 0.3 is 0 Å². The summed E-state index contributed by atoms with van der Waals surface area (Å²) in [5, 5.41) is 6.74. The monoisotopic (exact) mass is 231 g/mol. The smallest absolute Gasteiger partial charge is 0.0979 e. The average molecular weight is 231 g/mol. The molecule has 92 valence electrons. The van der Waals surface area contributed by atoms with E-state index in [2.05, 4.69) is 42.7 Å². The van der Waals surface area contributed by atoms with Crippen LogP contribution < -0.4 is 10.6 Å². The van der Waals surface area contributed by atoms with Crippen molar-refractivity contribution >= 4 is 11.5 Å². The second-order valence-electron chi connectivity index (χ2n) is 4.64. The Balaban J connectivity index is 1.98. The van der Waals surface area contributed by atoms with Crippen LogP contribution in [-0.4, -0.2) is 25.0 Å². The number of hydrogen-bond donors (Lipinski definition) is 2. The summed E-state index contributed by atoms with van der Waals surface area (Å²) in [7, 11) is 0. The highest BCUT2D eigenvalue weighted by molar-refractivity contribution is 5.94. The van der Waals surface area contributed by atoms with Gasteiger partial charge in [0.2, 0.25) is 0 Å². The minimum absolute atomic E-state index is 0.479. The van der Waals surface area contributed by atoms with E-state index in [1.807, 2.05) is 6.07 Å². The lowest BCUT2D eigenvalue weighted by atomic mass is 10.1. The average Bonchev–Trinajstić information content (AvgIpc) is 2.33. The number of piperidine rings is 1. The summed E-state index contributed by atoms with van der Waals surface area (Å²) in [6.07, 6.45) is 2.29. The summed E-state index contributed by atoms with van der Waals surface area (Å²) in [4.78, 5) is 4.74. The lowest BCUT2D eigenvalue weighted by Gasteiger charge is -2.20. The molecule has 1 aliphatic heterocycles. The third-order valence-corrected chi connectivity index (χ3v) is 3.15. The molecule has 1 aromatic rings. The predicted octanol–water partition coefficient (Wildman–Crippen LogP) is 2.58. The van der Waals surface area contributed by atoms with Crippen molar-refractivity contribution in [2.45, 2.75) is 32.7 Å². The maximum absolute atomic E-state index is 4.74. The SMILES string of the molecule is CC(=NC1CCNCC1)Nc1ccccc1C. The molecule has 0 saturated carbocycles. The highest BCUT2D eigenvalue weighted by Crippen LogP contribution is 2.14. The number of aliphatic imine (C=N–C) groups is 1. The van der Waals surface area contributed by atoms with Crippen molar-refractivity contribution < 1.29 is 0 Å². The summed E-state index contributed by atoms with van der Waals surface area (Å²) in [5.74, 6) is 1.02. The van der Waals surface area contributed by atoms with Crippen LogP contribution in [0.5, 0.6) is 0 Å². The molecule has 1 fully saturated rings. The number of rotatable bonds is 2. The quantitative estimate of drug-likeness (QED) is 0.606. The molecule has 1 saturated heterocycles. The fourth-order valence-electron chi connectivity index (χ4n) is 2.15. The van der Waals surface area contributed by atoms with Gasteiger partial charge in [0.05, 0.1) is 11.9 Å². The number of anilines is 1. The van der Waals surface area contributed by atoms with Crippen molar-refractivity contribution in [2.24, 2.45) is 4.99 Å². The van der Waals surface area contributed by atoms with E-state index >= 15 is 0 Å². The summed E-state index contributed by atoms with van der Waals surface area (Å²) in [5.41, 5.74) is 2.41. The molecule has 1 aromatic carbocycles. The number of hydrogen-bond acceptors (Lipinski definition) is 2. The van der Waals surface area contributed by atoms with Gasteiger partial charge in [-0.3, -0.25) is 4.99 Å². The van der Waals surface area contributed by atoms with E-state index in [9.17, 15) is 0 Å². The van der Waals surface area contributed by atoms with Gasteiger partial charge in [0, 0.05) is 5.69 Å². The maximum Gasteiger partial charge on any atom is 0.0979 e. The Bertz CT molecular complexity index is 392. The Morgan fingerprint density at radius 3 is 2.71 bits per heavy atom. The lowest BCUT2D eigenvalue weighted by molar-refractivity contribution is 0.460. The molecule has 3 heteroatoms. The van der Waals surface area contributed by atoms with Gasteiger partial charge in [0.1, 0.15) is 0 Å². The van der Waals surface area contributed by atoms with E-state index in [0.29, 0.717) is 6.04 Å². The van der Waals surface area contributed by atoms with Crippen LogP contribution >= 0.6 is 0 Å². The molecule has 0 unspecified atom stereocenters. The fraction of sp³-hybridized carbons (Fsp3) is 0.500. The number of nitrogens with one attached hydrogen (secondary N) is 2. The maximum atomic E-state index is 4.74. The topological polar surface area (TPSA) is 36.4 Å². The molecule has 0 atom stereocenters. The first-order chi connectivity index (χ1) is 8.25. The first-order valence-corrected chi connectivity index (χ1v) is 6.33. The molecule has 17 heavy (non-hydrogen) atoms. The molecule has 0 radical (unpaired) electrons. The van der Waals surface area contributed by atoms with Crippen LogP contribution in [0, 0.1) is 6.92 Å². The molecular formula is C14H21N3. The highest BCUT2D eigenvalue weighted by Gasteiger charge is 2.11. The molecule has 1 heterocycles. The molecule has 0 aromatic heterocycles. The Hall–Kier alpha value is -1.35. The van der Waals surface area contributed by atoms with Gasteiger partial charge in [0.15, 0.2) is 0 Å². The fourth-order valence-corrected chi connectivity index (χ4v) is 2.15. The second kappa shape index (κ2) is 5.82. The number of nitrogens with zero attached hydrogens (tertiary/aromatic N) is 1. The molecule has 2 N–H and O–H groups in total. The zero-order valence-corrected chi connectivity index (χ0v) is 10.7. The van der Waals surface area contributed by atoms with Gasteiger partial charge in [0.25, 0.3) is 0 Å². The molecule has 0 spiro atoms. The number of amidine groups is 1. The van der Waals surface area contributed by atoms with Crippen LogP contribution in [0.15, 0.2) is 29.3 Å². The van der Waals surface area contributed by atoms with Crippen LogP contribution in [0.2, 0.25) is 0 Å². The lowest BCUT2D eigenvalue weighted by Crippen LogP contribution is -2.30. The third-order valence-electron chi connectivity index (χ3n) is 3.15. The van der Waals surface area contributed by atoms with Crippen LogP contribution in [0.4, 0.5) is 5.69 Å². The van der Waals surface area contributed by atoms with E-state index in [1.165, 1.54) is 5.56 Å². The Morgan fingerprint density at radius 2 is 2.00 bits per heavy atom. The second-order valence-corrected chi connectivity index (χ2v) is 4.64. The van der Waals surface area contributed by atoms with Gasteiger partial charge in [-0.15, -0.1) is 0 Å². The Morgan fingerprint density at radius 1 is 1.29 bits per heavy atom. The molecule has 0 aliphatic carbocycles. The van der Waals surface area contributed by atoms with Gasteiger partial charge in [-0.25, -0.2) is 0 Å². The summed E-state index contributed by atoms with van der Waals surface area (Å²) >= 11 is 0. The van der Waals surface area contributed by atoms with E-state index in [0.717, 1.165) is 37.5 Å². The van der Waals surface area contributed by atoms with Gasteiger partial charge in [-0.2, -0.15) is 0 Å². The number of para-hydroxylation sites is 1. The summed E-state index contributed by atoms with van der Waals surface area (Å²) < 4.78 is 0. The summed E-state index contributed by atoms with van der Waals surface area (Å²) in [6, 6.07) is 8.79. The van der Waals surface area contributed by atoms with E-state index < -0.39 is 0 Å². The Kier molecular flexibility index (Phi) is 4.15.